The highest BCUT2D eigenvalue weighted by atomic mass is 32.2. The number of piperidine rings is 1. The minimum Gasteiger partial charge on any atom is -0.443 e. The molecule has 0 aliphatic carbocycles. The van der Waals surface area contributed by atoms with Crippen molar-refractivity contribution in [2.24, 2.45) is 0 Å². The predicted octanol–water partition coefficient (Wildman–Crippen LogP) is 2.77. The van der Waals surface area contributed by atoms with E-state index in [1.54, 1.807) is 18.3 Å². The topological polar surface area (TPSA) is 75.4 Å². The van der Waals surface area contributed by atoms with E-state index in [9.17, 15) is 8.42 Å². The van der Waals surface area contributed by atoms with E-state index in [0.717, 1.165) is 37.0 Å². The van der Waals surface area contributed by atoms with Crippen LogP contribution in [0.2, 0.25) is 0 Å². The summed E-state index contributed by atoms with van der Waals surface area (Å²) in [5.41, 5.74) is 1.57. The van der Waals surface area contributed by atoms with Crippen LogP contribution in [0.1, 0.15) is 18.5 Å². The van der Waals surface area contributed by atoms with Crippen LogP contribution >= 0.6 is 0 Å². The molecule has 0 radical (unpaired) electrons. The van der Waals surface area contributed by atoms with Gasteiger partial charge in [0.05, 0.1) is 5.69 Å². The number of likely N-dealkylation sites (tertiary alicyclic amines) is 1. The molecule has 0 saturated carbocycles. The number of hydrogen-bond donors (Lipinski definition) is 1. The monoisotopic (exact) mass is 371 g/mol. The van der Waals surface area contributed by atoms with E-state index >= 15 is 0 Å². The fraction of sp³-hybridized carbons (Fsp3) is 0.316. The van der Waals surface area contributed by atoms with E-state index in [4.69, 9.17) is 4.42 Å². The number of nitrogens with zero attached hydrogens (tertiary/aromatic N) is 2. The molecule has 6 nitrogen and oxygen atoms in total. The molecule has 4 rings (SSSR count). The van der Waals surface area contributed by atoms with Gasteiger partial charge < -0.3 is 4.42 Å². The van der Waals surface area contributed by atoms with E-state index in [1.807, 2.05) is 36.4 Å². The van der Waals surface area contributed by atoms with Gasteiger partial charge in [-0.3, -0.25) is 9.88 Å². The average molecular weight is 371 g/mol. The maximum atomic E-state index is 12.7. The molecule has 1 N–H and O–H groups in total. The van der Waals surface area contributed by atoms with Crippen molar-refractivity contribution in [2.75, 3.05) is 13.1 Å². The van der Waals surface area contributed by atoms with Crippen LogP contribution in [0.25, 0.3) is 11.0 Å². The minimum absolute atomic E-state index is 0.0273. The quantitative estimate of drug-likeness (QED) is 0.746. The van der Waals surface area contributed by atoms with Crippen molar-refractivity contribution in [2.45, 2.75) is 30.5 Å². The normalized spacial score (nSPS) is 19.0. The molecule has 0 unspecified atom stereocenters. The first-order chi connectivity index (χ1) is 12.6. The van der Waals surface area contributed by atoms with Crippen molar-refractivity contribution in [1.82, 2.24) is 14.6 Å². The second-order valence-electron chi connectivity index (χ2n) is 6.62. The molecule has 7 heteroatoms. The second-order valence-corrected chi connectivity index (χ2v) is 8.26. The van der Waals surface area contributed by atoms with Gasteiger partial charge in [0.25, 0.3) is 10.0 Å². The Morgan fingerprint density at radius 1 is 1.19 bits per heavy atom. The third-order valence-corrected chi connectivity index (χ3v) is 5.98. The first-order valence-electron chi connectivity index (χ1n) is 8.73. The summed E-state index contributed by atoms with van der Waals surface area (Å²) >= 11 is 0. The number of pyridine rings is 1. The minimum atomic E-state index is -3.68. The van der Waals surface area contributed by atoms with E-state index in [0.29, 0.717) is 12.1 Å². The number of fused-ring (bicyclic) bond motifs is 1. The zero-order chi connectivity index (χ0) is 18.0. The van der Waals surface area contributed by atoms with Gasteiger partial charge in [-0.1, -0.05) is 24.3 Å². The van der Waals surface area contributed by atoms with Crippen LogP contribution in [-0.4, -0.2) is 37.4 Å². The first kappa shape index (κ1) is 17.2. The number of nitrogens with one attached hydrogen (secondary N) is 1. The molecule has 0 spiro atoms. The van der Waals surface area contributed by atoms with Crippen LogP contribution < -0.4 is 4.72 Å². The maximum absolute atomic E-state index is 12.7. The van der Waals surface area contributed by atoms with E-state index in [-0.39, 0.29) is 11.1 Å². The molecule has 3 aromatic rings. The van der Waals surface area contributed by atoms with Crippen molar-refractivity contribution < 1.29 is 12.8 Å². The van der Waals surface area contributed by atoms with Gasteiger partial charge in [0.15, 0.2) is 0 Å². The summed E-state index contributed by atoms with van der Waals surface area (Å²) in [6.45, 7) is 2.33. The van der Waals surface area contributed by atoms with Crippen molar-refractivity contribution in [3.8, 4) is 0 Å². The number of rotatable bonds is 5. The summed E-state index contributed by atoms with van der Waals surface area (Å²) in [6.07, 6.45) is 3.54. The van der Waals surface area contributed by atoms with Gasteiger partial charge >= 0.3 is 0 Å². The lowest BCUT2D eigenvalue weighted by molar-refractivity contribution is 0.192. The number of aromatic nitrogens is 1. The zero-order valence-electron chi connectivity index (χ0n) is 14.3. The summed E-state index contributed by atoms with van der Waals surface area (Å²) in [5, 5.41) is 0.758. The third-order valence-electron chi connectivity index (χ3n) is 4.61. The van der Waals surface area contributed by atoms with Crippen LogP contribution in [0.5, 0.6) is 0 Å². The lowest BCUT2D eigenvalue weighted by atomic mass is 10.1. The Morgan fingerprint density at radius 2 is 2.04 bits per heavy atom. The molecule has 3 heterocycles. The lowest BCUT2D eigenvalue weighted by Gasteiger charge is -2.32. The molecule has 1 saturated heterocycles. The van der Waals surface area contributed by atoms with Gasteiger partial charge in [-0.25, -0.2) is 13.1 Å². The zero-order valence-corrected chi connectivity index (χ0v) is 15.2. The number of furan rings is 1. The summed E-state index contributed by atoms with van der Waals surface area (Å²) in [7, 11) is -3.68. The predicted molar refractivity (Wildman–Crippen MR) is 99.1 cm³/mol. The highest BCUT2D eigenvalue weighted by molar-refractivity contribution is 7.89. The molecule has 0 bridgehead atoms. The van der Waals surface area contributed by atoms with Crippen molar-refractivity contribution >= 4 is 21.0 Å². The van der Waals surface area contributed by atoms with Gasteiger partial charge in [-0.2, -0.15) is 0 Å². The van der Waals surface area contributed by atoms with Crippen molar-refractivity contribution in [3.63, 3.8) is 0 Å². The number of benzene rings is 1. The standard InChI is InChI=1S/C19H21N3O3S/c23-26(24,19-12-15-6-1-2-9-18(15)25-19)21-17-8-5-11-22(14-17)13-16-7-3-4-10-20-16/h1-4,6-7,9-10,12,17,21H,5,8,11,13-14H2/t17-/m0/s1. The summed E-state index contributed by atoms with van der Waals surface area (Å²) < 4.78 is 33.7. The number of sulfonamides is 1. The smallest absolute Gasteiger partial charge is 0.274 e. The highest BCUT2D eigenvalue weighted by Crippen LogP contribution is 2.23. The van der Waals surface area contributed by atoms with Gasteiger partial charge in [0.1, 0.15) is 5.58 Å². The van der Waals surface area contributed by atoms with Crippen LogP contribution in [0.3, 0.4) is 0 Å². The summed E-state index contributed by atoms with van der Waals surface area (Å²) in [6, 6.07) is 14.6. The molecule has 136 valence electrons. The molecule has 26 heavy (non-hydrogen) atoms. The Hall–Kier alpha value is -2.22. The Bertz CT molecular complexity index is 952. The van der Waals surface area contributed by atoms with Crippen LogP contribution in [0, 0.1) is 0 Å². The molecular weight excluding hydrogens is 350 g/mol. The molecule has 1 atom stereocenters. The molecule has 1 fully saturated rings. The van der Waals surface area contributed by atoms with Gasteiger partial charge in [-0.15, -0.1) is 0 Å². The summed E-state index contributed by atoms with van der Waals surface area (Å²) in [5.74, 6) is 0. The average Bonchev–Trinajstić information content (AvgIpc) is 3.08. The van der Waals surface area contributed by atoms with E-state index < -0.39 is 10.0 Å². The van der Waals surface area contributed by atoms with Gasteiger partial charge in [0.2, 0.25) is 5.09 Å². The fourth-order valence-electron chi connectivity index (χ4n) is 3.38. The third kappa shape index (κ3) is 3.80. The maximum Gasteiger partial charge on any atom is 0.274 e. The molecule has 1 aromatic carbocycles. The van der Waals surface area contributed by atoms with Crippen molar-refractivity contribution in [3.05, 3.63) is 60.4 Å². The van der Waals surface area contributed by atoms with Crippen LogP contribution in [0.15, 0.2) is 64.2 Å². The van der Waals surface area contributed by atoms with Crippen molar-refractivity contribution in [1.29, 1.82) is 0 Å². The van der Waals surface area contributed by atoms with E-state index in [1.165, 1.54) is 0 Å². The Balaban J connectivity index is 1.45. The molecule has 2 aromatic heterocycles. The number of hydrogen-bond acceptors (Lipinski definition) is 5. The Kier molecular flexibility index (Phi) is 4.76. The highest BCUT2D eigenvalue weighted by Gasteiger charge is 2.27. The van der Waals surface area contributed by atoms with E-state index in [2.05, 4.69) is 14.6 Å². The van der Waals surface area contributed by atoms with Gasteiger partial charge in [-0.05, 0) is 37.6 Å². The SMILES string of the molecule is O=S(=O)(N[C@H]1CCCN(Cc2ccccn2)C1)c1cc2ccccc2o1. The molecule has 0 amide bonds. The van der Waals surface area contributed by atoms with Gasteiger partial charge in [0, 0.05) is 36.8 Å². The molecule has 1 aliphatic heterocycles. The molecular formula is C19H21N3O3S. The lowest BCUT2D eigenvalue weighted by Crippen LogP contribution is -2.47. The number of para-hydroxylation sites is 1. The Labute approximate surface area is 152 Å². The Morgan fingerprint density at radius 3 is 2.85 bits per heavy atom. The van der Waals surface area contributed by atoms with Crippen LogP contribution in [-0.2, 0) is 16.6 Å². The second kappa shape index (κ2) is 7.19. The first-order valence-corrected chi connectivity index (χ1v) is 10.2. The fourth-order valence-corrected chi connectivity index (χ4v) is 4.61. The molecule has 1 aliphatic rings. The largest absolute Gasteiger partial charge is 0.443 e. The summed E-state index contributed by atoms with van der Waals surface area (Å²) in [4.78, 5) is 6.58. The van der Waals surface area contributed by atoms with Crippen LogP contribution in [0.4, 0.5) is 0 Å².